The van der Waals surface area contributed by atoms with E-state index >= 15 is 0 Å². The van der Waals surface area contributed by atoms with Gasteiger partial charge in [-0.2, -0.15) is 0 Å². The van der Waals surface area contributed by atoms with Gasteiger partial charge in [0.2, 0.25) is 0 Å². The van der Waals surface area contributed by atoms with Crippen LogP contribution in [0.15, 0.2) is 23.1 Å². The molecule has 1 rings (SSSR count). The van der Waals surface area contributed by atoms with Gasteiger partial charge in [0, 0.05) is 10.7 Å². The molecule has 0 aromatic heterocycles. The molecule has 0 atom stereocenters. The van der Waals surface area contributed by atoms with Crippen LogP contribution in [0.25, 0.3) is 0 Å². The topological polar surface area (TPSA) is 60.4 Å². The average Bonchev–Trinajstić information content (AvgIpc) is 2.33. The lowest BCUT2D eigenvalue weighted by molar-refractivity contribution is 0.0497. The van der Waals surface area contributed by atoms with Crippen molar-refractivity contribution in [2.24, 2.45) is 0 Å². The SMILES string of the molecule is CCCCCOC(=O)c1cc(S(=O)(=O)Cl)ccc1C. The van der Waals surface area contributed by atoms with Crippen LogP contribution < -0.4 is 0 Å². The maximum absolute atomic E-state index is 11.8. The molecule has 0 unspecified atom stereocenters. The van der Waals surface area contributed by atoms with Crippen molar-refractivity contribution < 1.29 is 17.9 Å². The Hall–Kier alpha value is -1.07. The van der Waals surface area contributed by atoms with Crippen molar-refractivity contribution in [3.63, 3.8) is 0 Å². The average molecular weight is 305 g/mol. The lowest BCUT2D eigenvalue weighted by Gasteiger charge is -2.08. The Bertz CT molecular complexity index is 552. The van der Waals surface area contributed by atoms with Crippen LogP contribution in [0.5, 0.6) is 0 Å². The van der Waals surface area contributed by atoms with Crippen LogP contribution in [0.4, 0.5) is 0 Å². The minimum atomic E-state index is -3.84. The number of esters is 1. The lowest BCUT2D eigenvalue weighted by Crippen LogP contribution is -2.09. The molecule has 1 aromatic carbocycles. The Morgan fingerprint density at radius 3 is 2.58 bits per heavy atom. The van der Waals surface area contributed by atoms with Gasteiger partial charge >= 0.3 is 5.97 Å². The van der Waals surface area contributed by atoms with Crippen molar-refractivity contribution in [3.8, 4) is 0 Å². The van der Waals surface area contributed by atoms with Crippen molar-refractivity contribution in [2.75, 3.05) is 6.61 Å². The summed E-state index contributed by atoms with van der Waals surface area (Å²) >= 11 is 0. The Labute approximate surface area is 118 Å². The van der Waals surface area contributed by atoms with Gasteiger partial charge < -0.3 is 4.74 Å². The summed E-state index contributed by atoms with van der Waals surface area (Å²) in [5, 5.41) is 0. The van der Waals surface area contributed by atoms with E-state index in [0.717, 1.165) is 19.3 Å². The van der Waals surface area contributed by atoms with E-state index in [2.05, 4.69) is 6.92 Å². The molecule has 19 heavy (non-hydrogen) atoms. The maximum atomic E-state index is 11.8. The molecule has 4 nitrogen and oxygen atoms in total. The van der Waals surface area contributed by atoms with Crippen LogP contribution in [0, 0.1) is 6.92 Å². The Morgan fingerprint density at radius 1 is 1.32 bits per heavy atom. The molecule has 0 bridgehead atoms. The van der Waals surface area contributed by atoms with E-state index < -0.39 is 15.0 Å². The fraction of sp³-hybridized carbons (Fsp3) is 0.462. The van der Waals surface area contributed by atoms with E-state index in [1.54, 1.807) is 6.92 Å². The molecular weight excluding hydrogens is 288 g/mol. The number of ether oxygens (including phenoxy) is 1. The van der Waals surface area contributed by atoms with Crippen LogP contribution in [0.1, 0.15) is 42.1 Å². The second-order valence-corrected chi connectivity index (χ2v) is 6.82. The number of hydrogen-bond acceptors (Lipinski definition) is 4. The number of benzene rings is 1. The summed E-state index contributed by atoms with van der Waals surface area (Å²) in [7, 11) is 1.41. The van der Waals surface area contributed by atoms with Crippen molar-refractivity contribution in [1.29, 1.82) is 0 Å². The van der Waals surface area contributed by atoms with Crippen molar-refractivity contribution in [1.82, 2.24) is 0 Å². The highest BCUT2D eigenvalue weighted by Gasteiger charge is 2.16. The van der Waals surface area contributed by atoms with E-state index in [4.69, 9.17) is 15.4 Å². The van der Waals surface area contributed by atoms with Crippen LogP contribution in [0.3, 0.4) is 0 Å². The van der Waals surface area contributed by atoms with E-state index in [-0.39, 0.29) is 10.5 Å². The third kappa shape index (κ3) is 4.84. The van der Waals surface area contributed by atoms with Gasteiger partial charge in [0.1, 0.15) is 0 Å². The summed E-state index contributed by atoms with van der Waals surface area (Å²) in [4.78, 5) is 11.8. The predicted octanol–water partition coefficient (Wildman–Crippen LogP) is 3.27. The first-order chi connectivity index (χ1) is 8.86. The molecule has 0 radical (unpaired) electrons. The Balaban J connectivity index is 2.84. The molecule has 1 aromatic rings. The number of halogens is 1. The Morgan fingerprint density at radius 2 is 2.00 bits per heavy atom. The lowest BCUT2D eigenvalue weighted by atomic mass is 10.1. The number of carbonyl (C=O) groups excluding carboxylic acids is 1. The summed E-state index contributed by atoms with van der Waals surface area (Å²) < 4.78 is 27.6. The predicted molar refractivity (Wildman–Crippen MR) is 74.0 cm³/mol. The second-order valence-electron chi connectivity index (χ2n) is 4.26. The quantitative estimate of drug-likeness (QED) is 0.460. The third-order valence-corrected chi connectivity index (χ3v) is 4.04. The zero-order valence-corrected chi connectivity index (χ0v) is 12.6. The fourth-order valence-electron chi connectivity index (χ4n) is 1.57. The smallest absolute Gasteiger partial charge is 0.338 e. The van der Waals surface area contributed by atoms with Crippen LogP contribution >= 0.6 is 10.7 Å². The first kappa shape index (κ1) is 16.0. The standard InChI is InChI=1S/C13H17ClO4S/c1-3-4-5-8-18-13(15)12-9-11(19(14,16)17)7-6-10(12)2/h6-7,9H,3-5,8H2,1-2H3. The molecule has 0 N–H and O–H groups in total. The van der Waals surface area contributed by atoms with Gasteiger partial charge in [-0.25, -0.2) is 13.2 Å². The minimum absolute atomic E-state index is 0.0970. The van der Waals surface area contributed by atoms with E-state index in [0.29, 0.717) is 12.2 Å². The maximum Gasteiger partial charge on any atom is 0.338 e. The highest BCUT2D eigenvalue weighted by Crippen LogP contribution is 2.19. The first-order valence-electron chi connectivity index (χ1n) is 6.08. The molecule has 106 valence electrons. The highest BCUT2D eigenvalue weighted by atomic mass is 35.7. The molecule has 0 spiro atoms. The van der Waals surface area contributed by atoms with Crippen LogP contribution in [-0.2, 0) is 13.8 Å². The van der Waals surface area contributed by atoms with Gasteiger partial charge in [-0.1, -0.05) is 25.8 Å². The van der Waals surface area contributed by atoms with Crippen molar-refractivity contribution >= 4 is 25.7 Å². The summed E-state index contributed by atoms with van der Waals surface area (Å²) in [6.07, 6.45) is 2.83. The van der Waals surface area contributed by atoms with Gasteiger partial charge in [0.25, 0.3) is 9.05 Å². The van der Waals surface area contributed by atoms with Crippen LogP contribution in [-0.4, -0.2) is 21.0 Å². The molecule has 0 amide bonds. The molecule has 0 aliphatic carbocycles. The molecule has 0 aliphatic rings. The molecule has 0 aliphatic heterocycles. The monoisotopic (exact) mass is 304 g/mol. The second kappa shape index (κ2) is 6.91. The molecular formula is C13H17ClO4S. The Kier molecular flexibility index (Phi) is 5.82. The zero-order chi connectivity index (χ0) is 14.5. The van der Waals surface area contributed by atoms with Crippen molar-refractivity contribution in [3.05, 3.63) is 29.3 Å². The van der Waals surface area contributed by atoms with Gasteiger partial charge in [-0.3, -0.25) is 0 Å². The number of aryl methyl sites for hydroxylation is 1. The number of hydrogen-bond donors (Lipinski definition) is 0. The molecule has 0 heterocycles. The third-order valence-electron chi connectivity index (χ3n) is 2.69. The molecule has 6 heteroatoms. The van der Waals surface area contributed by atoms with Crippen LogP contribution in [0.2, 0.25) is 0 Å². The van der Waals surface area contributed by atoms with Crippen molar-refractivity contribution in [2.45, 2.75) is 38.0 Å². The van der Waals surface area contributed by atoms with E-state index in [1.807, 2.05) is 0 Å². The molecule has 0 saturated heterocycles. The zero-order valence-electron chi connectivity index (χ0n) is 11.0. The van der Waals surface area contributed by atoms with Gasteiger partial charge in [-0.15, -0.1) is 0 Å². The summed E-state index contributed by atoms with van der Waals surface area (Å²) in [6.45, 7) is 4.11. The summed E-state index contributed by atoms with van der Waals surface area (Å²) in [5.74, 6) is -0.518. The number of carbonyl (C=O) groups is 1. The first-order valence-corrected chi connectivity index (χ1v) is 8.39. The fourth-order valence-corrected chi connectivity index (χ4v) is 2.34. The highest BCUT2D eigenvalue weighted by molar-refractivity contribution is 8.13. The summed E-state index contributed by atoms with van der Waals surface area (Å²) in [6, 6.07) is 4.16. The summed E-state index contributed by atoms with van der Waals surface area (Å²) in [5.41, 5.74) is 0.891. The number of rotatable bonds is 6. The molecule has 0 fully saturated rings. The number of unbranched alkanes of at least 4 members (excludes halogenated alkanes) is 2. The largest absolute Gasteiger partial charge is 0.462 e. The van der Waals surface area contributed by atoms with Gasteiger partial charge in [0.15, 0.2) is 0 Å². The van der Waals surface area contributed by atoms with E-state index in [9.17, 15) is 13.2 Å². The minimum Gasteiger partial charge on any atom is -0.462 e. The molecule has 0 saturated carbocycles. The van der Waals surface area contributed by atoms with E-state index in [1.165, 1.54) is 18.2 Å². The normalized spacial score (nSPS) is 11.3. The van der Waals surface area contributed by atoms with Gasteiger partial charge in [0.05, 0.1) is 17.1 Å². The van der Waals surface area contributed by atoms with Gasteiger partial charge in [-0.05, 0) is 31.0 Å².